The van der Waals surface area contributed by atoms with Crippen molar-refractivity contribution in [3.8, 4) is 0 Å². The van der Waals surface area contributed by atoms with E-state index in [4.69, 9.17) is 9.84 Å². The van der Waals surface area contributed by atoms with Crippen LogP contribution in [0.3, 0.4) is 0 Å². The summed E-state index contributed by atoms with van der Waals surface area (Å²) in [6, 6.07) is 7.54. The molecule has 1 rings (SSSR count). The van der Waals surface area contributed by atoms with Gasteiger partial charge in [-0.1, -0.05) is 34.1 Å². The molecular formula is C9H9BrO3. The Morgan fingerprint density at radius 1 is 1.46 bits per heavy atom. The molecule has 1 aromatic rings. The molecule has 0 spiro atoms. The molecule has 0 saturated heterocycles. The molecule has 0 bridgehead atoms. The lowest BCUT2D eigenvalue weighted by Gasteiger charge is -2.03. The van der Waals surface area contributed by atoms with Gasteiger partial charge in [0.1, 0.15) is 6.61 Å². The molecule has 0 unspecified atom stereocenters. The zero-order valence-corrected chi connectivity index (χ0v) is 8.45. The molecule has 0 aliphatic heterocycles. The molecule has 0 heterocycles. The zero-order valence-electron chi connectivity index (χ0n) is 6.87. The van der Waals surface area contributed by atoms with Crippen LogP contribution in [0, 0.1) is 0 Å². The van der Waals surface area contributed by atoms with Gasteiger partial charge in [-0.25, -0.2) is 4.79 Å². The summed E-state index contributed by atoms with van der Waals surface area (Å²) in [5.74, 6) is -0.952. The van der Waals surface area contributed by atoms with Crippen molar-refractivity contribution in [1.29, 1.82) is 0 Å². The standard InChI is InChI=1S/C9H9BrO3/c10-8-4-2-1-3-7(8)5-13-6-9(11)12/h1-4H,5-6H2,(H,11,12). The monoisotopic (exact) mass is 244 g/mol. The third-order valence-electron chi connectivity index (χ3n) is 1.44. The summed E-state index contributed by atoms with van der Waals surface area (Å²) in [4.78, 5) is 10.1. The molecule has 13 heavy (non-hydrogen) atoms. The highest BCUT2D eigenvalue weighted by atomic mass is 79.9. The maximum Gasteiger partial charge on any atom is 0.329 e. The van der Waals surface area contributed by atoms with Gasteiger partial charge in [-0.2, -0.15) is 0 Å². The smallest absolute Gasteiger partial charge is 0.329 e. The van der Waals surface area contributed by atoms with Crippen molar-refractivity contribution in [2.45, 2.75) is 6.61 Å². The van der Waals surface area contributed by atoms with Crippen LogP contribution in [-0.4, -0.2) is 17.7 Å². The van der Waals surface area contributed by atoms with Crippen molar-refractivity contribution >= 4 is 21.9 Å². The van der Waals surface area contributed by atoms with Crippen LogP contribution in [0.15, 0.2) is 28.7 Å². The molecule has 0 saturated carbocycles. The molecule has 1 aromatic carbocycles. The minimum Gasteiger partial charge on any atom is -0.480 e. The Morgan fingerprint density at radius 3 is 2.77 bits per heavy atom. The summed E-state index contributed by atoms with van der Waals surface area (Å²) in [6.45, 7) is 0.0507. The van der Waals surface area contributed by atoms with Crippen LogP contribution in [0.1, 0.15) is 5.56 Å². The number of halogens is 1. The van der Waals surface area contributed by atoms with Crippen LogP contribution in [0.2, 0.25) is 0 Å². The summed E-state index contributed by atoms with van der Waals surface area (Å²) in [5.41, 5.74) is 0.948. The third kappa shape index (κ3) is 3.57. The van der Waals surface area contributed by atoms with Gasteiger partial charge in [0.2, 0.25) is 0 Å². The third-order valence-corrected chi connectivity index (χ3v) is 2.21. The van der Waals surface area contributed by atoms with E-state index >= 15 is 0 Å². The molecule has 1 N–H and O–H groups in total. The van der Waals surface area contributed by atoms with Gasteiger partial charge in [-0.15, -0.1) is 0 Å². The highest BCUT2D eigenvalue weighted by molar-refractivity contribution is 9.10. The molecule has 3 nitrogen and oxygen atoms in total. The van der Waals surface area contributed by atoms with Crippen molar-refractivity contribution in [1.82, 2.24) is 0 Å². The van der Waals surface area contributed by atoms with E-state index in [1.54, 1.807) is 0 Å². The van der Waals surface area contributed by atoms with E-state index in [0.717, 1.165) is 10.0 Å². The van der Waals surface area contributed by atoms with Crippen molar-refractivity contribution in [3.63, 3.8) is 0 Å². The molecule has 0 fully saturated rings. The lowest BCUT2D eigenvalue weighted by Crippen LogP contribution is -2.06. The Morgan fingerprint density at radius 2 is 2.15 bits per heavy atom. The molecular weight excluding hydrogens is 236 g/mol. The van der Waals surface area contributed by atoms with Crippen molar-refractivity contribution in [2.24, 2.45) is 0 Å². The lowest BCUT2D eigenvalue weighted by atomic mass is 10.2. The Labute approximate surface area is 84.5 Å². The molecule has 0 aliphatic carbocycles. The summed E-state index contributed by atoms with van der Waals surface area (Å²) < 4.78 is 5.86. The largest absolute Gasteiger partial charge is 0.480 e. The number of carboxylic acid groups (broad SMARTS) is 1. The van der Waals surface area contributed by atoms with Crippen LogP contribution < -0.4 is 0 Å². The van der Waals surface area contributed by atoms with E-state index in [9.17, 15) is 4.79 Å². The van der Waals surface area contributed by atoms with Gasteiger partial charge in [0.05, 0.1) is 6.61 Å². The van der Waals surface area contributed by atoms with Gasteiger partial charge in [0.15, 0.2) is 0 Å². The average molecular weight is 245 g/mol. The van der Waals surface area contributed by atoms with Crippen LogP contribution in [0.4, 0.5) is 0 Å². The van der Waals surface area contributed by atoms with E-state index < -0.39 is 5.97 Å². The number of ether oxygens (including phenoxy) is 1. The maximum absolute atomic E-state index is 10.1. The van der Waals surface area contributed by atoms with E-state index in [0.29, 0.717) is 6.61 Å². The first kappa shape index (κ1) is 10.2. The van der Waals surface area contributed by atoms with E-state index in [2.05, 4.69) is 15.9 Å². The van der Waals surface area contributed by atoms with Gasteiger partial charge in [0, 0.05) is 4.47 Å². The highest BCUT2D eigenvalue weighted by Crippen LogP contribution is 2.16. The summed E-state index contributed by atoms with van der Waals surface area (Å²) >= 11 is 3.34. The average Bonchev–Trinajstić information content (AvgIpc) is 2.08. The van der Waals surface area contributed by atoms with Gasteiger partial charge in [-0.3, -0.25) is 0 Å². The number of carboxylic acids is 1. The predicted molar refractivity (Wildman–Crippen MR) is 51.4 cm³/mol. The Hall–Kier alpha value is -0.870. The molecule has 0 amide bonds. The first-order chi connectivity index (χ1) is 6.20. The molecule has 0 aliphatic rings. The second kappa shape index (κ2) is 4.99. The number of benzene rings is 1. The van der Waals surface area contributed by atoms with Crippen LogP contribution in [-0.2, 0) is 16.1 Å². The molecule has 70 valence electrons. The molecule has 4 heteroatoms. The lowest BCUT2D eigenvalue weighted by molar-refractivity contribution is -0.142. The molecule has 0 radical (unpaired) electrons. The Balaban J connectivity index is 2.45. The fourth-order valence-corrected chi connectivity index (χ4v) is 1.26. The van der Waals surface area contributed by atoms with Crippen molar-refractivity contribution in [3.05, 3.63) is 34.3 Å². The van der Waals surface area contributed by atoms with Gasteiger partial charge >= 0.3 is 5.97 Å². The summed E-state index contributed by atoms with van der Waals surface area (Å²) in [5, 5.41) is 8.32. The second-order valence-electron chi connectivity index (χ2n) is 2.48. The number of hydrogen-bond donors (Lipinski definition) is 1. The van der Waals surface area contributed by atoms with E-state index in [1.165, 1.54) is 0 Å². The van der Waals surface area contributed by atoms with Crippen molar-refractivity contribution in [2.75, 3.05) is 6.61 Å². The number of hydrogen-bond acceptors (Lipinski definition) is 2. The maximum atomic E-state index is 10.1. The van der Waals surface area contributed by atoms with Gasteiger partial charge < -0.3 is 9.84 Å². The van der Waals surface area contributed by atoms with Crippen LogP contribution in [0.5, 0.6) is 0 Å². The normalized spacial score (nSPS) is 9.92. The number of carbonyl (C=O) groups is 1. The number of rotatable bonds is 4. The molecule has 0 atom stereocenters. The van der Waals surface area contributed by atoms with Gasteiger partial charge in [0.25, 0.3) is 0 Å². The minimum absolute atomic E-state index is 0.263. The van der Waals surface area contributed by atoms with Crippen LogP contribution >= 0.6 is 15.9 Å². The van der Waals surface area contributed by atoms with Gasteiger partial charge in [-0.05, 0) is 11.6 Å². The summed E-state index contributed by atoms with van der Waals surface area (Å²) in [7, 11) is 0. The van der Waals surface area contributed by atoms with Crippen molar-refractivity contribution < 1.29 is 14.6 Å². The van der Waals surface area contributed by atoms with E-state index in [-0.39, 0.29) is 6.61 Å². The zero-order chi connectivity index (χ0) is 9.68. The fourth-order valence-electron chi connectivity index (χ4n) is 0.864. The Bertz CT molecular complexity index is 299. The Kier molecular flexibility index (Phi) is 3.92. The fraction of sp³-hybridized carbons (Fsp3) is 0.222. The first-order valence-electron chi connectivity index (χ1n) is 3.73. The van der Waals surface area contributed by atoms with E-state index in [1.807, 2.05) is 24.3 Å². The highest BCUT2D eigenvalue weighted by Gasteiger charge is 2.00. The second-order valence-corrected chi connectivity index (χ2v) is 3.33. The topological polar surface area (TPSA) is 46.5 Å². The SMILES string of the molecule is O=C(O)COCc1ccccc1Br. The predicted octanol–water partition coefficient (Wildman–Crippen LogP) is 2.05. The first-order valence-corrected chi connectivity index (χ1v) is 4.52. The minimum atomic E-state index is -0.952. The quantitative estimate of drug-likeness (QED) is 0.882. The number of aliphatic carboxylic acids is 1. The van der Waals surface area contributed by atoms with Crippen LogP contribution in [0.25, 0.3) is 0 Å². The summed E-state index contributed by atoms with van der Waals surface area (Å²) in [6.07, 6.45) is 0. The molecule has 0 aromatic heterocycles.